The number of nitrogens with zero attached hydrogens (tertiary/aromatic N) is 2. The Morgan fingerprint density at radius 3 is 2.61 bits per heavy atom. The van der Waals surface area contributed by atoms with Crippen LogP contribution >= 0.6 is 0 Å². The second-order valence-corrected chi connectivity index (χ2v) is 12.1. The third kappa shape index (κ3) is 9.01. The molecule has 2 fully saturated rings. The van der Waals surface area contributed by atoms with Crippen LogP contribution in [0.4, 0.5) is 9.18 Å². The minimum absolute atomic E-state index is 0.0323. The number of hydrogen-bond donors (Lipinski definition) is 2. The summed E-state index contributed by atoms with van der Waals surface area (Å²) in [7, 11) is 0.320. The number of sulfonamides is 1. The summed E-state index contributed by atoms with van der Waals surface area (Å²) >= 11 is 0. The predicted molar refractivity (Wildman–Crippen MR) is 136 cm³/mol. The number of benzene rings is 1. The molecule has 0 radical (unpaired) electrons. The van der Waals surface area contributed by atoms with E-state index in [1.54, 1.807) is 12.1 Å². The number of carbonyl (C=O) groups is 2. The van der Waals surface area contributed by atoms with E-state index in [2.05, 4.69) is 10.0 Å². The normalized spacial score (nSPS) is 18.0. The number of rotatable bonds is 16. The van der Waals surface area contributed by atoms with E-state index in [0.717, 1.165) is 25.8 Å². The molecule has 202 valence electrons. The smallest absolute Gasteiger partial charge is 0.324 e. The van der Waals surface area contributed by atoms with Crippen LogP contribution in [0.25, 0.3) is 0 Å². The van der Waals surface area contributed by atoms with E-state index in [0.29, 0.717) is 43.9 Å². The number of halogens is 1. The molecule has 2 N–H and O–H groups in total. The van der Waals surface area contributed by atoms with Gasteiger partial charge in [0.05, 0.1) is 12.4 Å². The molecule has 9 nitrogen and oxygen atoms in total. The van der Waals surface area contributed by atoms with Crippen LogP contribution < -0.4 is 14.8 Å². The number of imide groups is 1. The molecule has 0 bridgehead atoms. The Morgan fingerprint density at radius 2 is 1.97 bits per heavy atom. The summed E-state index contributed by atoms with van der Waals surface area (Å²) in [4.78, 5) is 26.3. The standard InChI is InChI=1S/C25H39FN4O5S/c1-18(11-13-29(2)3)24(20-9-10-21(26)22(15-20)35-17-19-7-8-19)28-36(33,34)14-6-4-5-12-30-16-23(31)27-25(30)32/h9-10,15,18-19,24,28H,4-8,11-14,16-17H2,1-3H3,(H,27,31,32). The fourth-order valence-electron chi connectivity index (χ4n) is 4.14. The van der Waals surface area contributed by atoms with E-state index < -0.39 is 27.9 Å². The molecule has 3 rings (SSSR count). The highest BCUT2D eigenvalue weighted by Crippen LogP contribution is 2.33. The molecule has 1 aromatic rings. The van der Waals surface area contributed by atoms with E-state index in [4.69, 9.17) is 4.74 Å². The lowest BCUT2D eigenvalue weighted by Crippen LogP contribution is -2.35. The molecule has 1 saturated heterocycles. The van der Waals surface area contributed by atoms with E-state index in [-0.39, 0.29) is 29.9 Å². The van der Waals surface area contributed by atoms with Gasteiger partial charge in [-0.2, -0.15) is 0 Å². The summed E-state index contributed by atoms with van der Waals surface area (Å²) in [6, 6.07) is 3.68. The number of ether oxygens (including phenoxy) is 1. The van der Waals surface area contributed by atoms with Crippen molar-refractivity contribution in [3.8, 4) is 5.75 Å². The molecule has 2 unspecified atom stereocenters. The SMILES string of the molecule is CC(CCN(C)C)C(NS(=O)(=O)CCCCCN1CC(=O)NC1=O)c1ccc(F)c(OCC2CC2)c1. The minimum Gasteiger partial charge on any atom is -0.490 e. The number of amides is 3. The van der Waals surface area contributed by atoms with Crippen molar-refractivity contribution >= 4 is 22.0 Å². The highest BCUT2D eigenvalue weighted by molar-refractivity contribution is 7.89. The molecule has 1 aliphatic carbocycles. The Kier molecular flexibility index (Phi) is 10.1. The second kappa shape index (κ2) is 12.8. The first kappa shape index (κ1) is 28.3. The molecule has 2 aliphatic rings. The lowest BCUT2D eigenvalue weighted by molar-refractivity contribution is -0.118. The van der Waals surface area contributed by atoms with Gasteiger partial charge in [0, 0.05) is 12.6 Å². The Morgan fingerprint density at radius 1 is 1.22 bits per heavy atom. The maximum atomic E-state index is 14.4. The van der Waals surface area contributed by atoms with Crippen LogP contribution in [0.3, 0.4) is 0 Å². The van der Waals surface area contributed by atoms with Crippen molar-refractivity contribution in [2.24, 2.45) is 11.8 Å². The maximum Gasteiger partial charge on any atom is 0.324 e. The summed E-state index contributed by atoms with van der Waals surface area (Å²) in [5, 5.41) is 2.23. The molecule has 3 amide bonds. The van der Waals surface area contributed by atoms with Crippen LogP contribution in [-0.2, 0) is 14.8 Å². The second-order valence-electron chi connectivity index (χ2n) is 10.3. The summed E-state index contributed by atoms with van der Waals surface area (Å²) < 4.78 is 48.9. The molecular weight excluding hydrogens is 487 g/mol. The molecule has 1 aliphatic heterocycles. The number of carbonyl (C=O) groups excluding carboxylic acids is 2. The van der Waals surface area contributed by atoms with Gasteiger partial charge >= 0.3 is 6.03 Å². The molecule has 1 aromatic carbocycles. The van der Waals surface area contributed by atoms with Gasteiger partial charge in [-0.3, -0.25) is 10.1 Å². The van der Waals surface area contributed by atoms with Gasteiger partial charge < -0.3 is 14.5 Å². The van der Waals surface area contributed by atoms with Gasteiger partial charge in [-0.1, -0.05) is 19.4 Å². The fourth-order valence-corrected chi connectivity index (χ4v) is 5.60. The topological polar surface area (TPSA) is 108 Å². The van der Waals surface area contributed by atoms with Crippen molar-refractivity contribution in [1.29, 1.82) is 0 Å². The first-order chi connectivity index (χ1) is 17.0. The molecule has 1 heterocycles. The summed E-state index contributed by atoms with van der Waals surface area (Å²) in [6.45, 7) is 3.72. The van der Waals surface area contributed by atoms with Gasteiger partial charge in [0.25, 0.3) is 0 Å². The first-order valence-corrected chi connectivity index (χ1v) is 14.3. The molecule has 36 heavy (non-hydrogen) atoms. The lowest BCUT2D eigenvalue weighted by atomic mass is 9.92. The highest BCUT2D eigenvalue weighted by Gasteiger charge is 2.28. The molecule has 2 atom stereocenters. The van der Waals surface area contributed by atoms with Crippen LogP contribution in [-0.4, -0.2) is 76.2 Å². The van der Waals surface area contributed by atoms with E-state index in [1.807, 2.05) is 25.9 Å². The average Bonchev–Trinajstić information content (AvgIpc) is 3.58. The molecule has 0 spiro atoms. The van der Waals surface area contributed by atoms with Crippen molar-refractivity contribution in [2.45, 2.75) is 51.5 Å². The number of hydrogen-bond acceptors (Lipinski definition) is 6. The van der Waals surface area contributed by atoms with Gasteiger partial charge in [0.1, 0.15) is 6.54 Å². The van der Waals surface area contributed by atoms with Crippen LogP contribution in [0.15, 0.2) is 18.2 Å². The third-order valence-electron chi connectivity index (χ3n) is 6.60. The summed E-state index contributed by atoms with van der Waals surface area (Å²) in [5.74, 6) is -0.218. The zero-order valence-electron chi connectivity index (χ0n) is 21.5. The van der Waals surface area contributed by atoms with Gasteiger partial charge in [-0.25, -0.2) is 22.3 Å². The average molecular weight is 527 g/mol. The zero-order valence-corrected chi connectivity index (χ0v) is 22.3. The van der Waals surface area contributed by atoms with E-state index in [1.165, 1.54) is 11.0 Å². The van der Waals surface area contributed by atoms with Crippen molar-refractivity contribution in [3.63, 3.8) is 0 Å². The van der Waals surface area contributed by atoms with E-state index in [9.17, 15) is 22.4 Å². The number of unbranched alkanes of at least 4 members (excludes halogenated alkanes) is 2. The zero-order chi connectivity index (χ0) is 26.3. The van der Waals surface area contributed by atoms with Gasteiger partial charge in [0.15, 0.2) is 11.6 Å². The number of urea groups is 1. The molecular formula is C25H39FN4O5S. The van der Waals surface area contributed by atoms with Crippen molar-refractivity contribution in [2.75, 3.05) is 46.1 Å². The van der Waals surface area contributed by atoms with Gasteiger partial charge in [0.2, 0.25) is 15.9 Å². The monoisotopic (exact) mass is 526 g/mol. The van der Waals surface area contributed by atoms with E-state index >= 15 is 0 Å². The quantitative estimate of drug-likeness (QED) is 0.253. The molecule has 11 heteroatoms. The minimum atomic E-state index is -3.62. The van der Waals surface area contributed by atoms with Gasteiger partial charge in [-0.05, 0) is 82.3 Å². The van der Waals surface area contributed by atoms with Crippen molar-refractivity contribution < 1.29 is 27.1 Å². The van der Waals surface area contributed by atoms with Crippen LogP contribution in [0, 0.1) is 17.7 Å². The Bertz CT molecular complexity index is 1020. The Balaban J connectivity index is 1.60. The summed E-state index contributed by atoms with van der Waals surface area (Å²) in [6.07, 6.45) is 4.58. The maximum absolute atomic E-state index is 14.4. The van der Waals surface area contributed by atoms with Crippen molar-refractivity contribution in [3.05, 3.63) is 29.6 Å². The Hall–Kier alpha value is -2.24. The first-order valence-electron chi connectivity index (χ1n) is 12.7. The third-order valence-corrected chi connectivity index (χ3v) is 8.04. The van der Waals surface area contributed by atoms with Crippen LogP contribution in [0.1, 0.15) is 57.1 Å². The highest BCUT2D eigenvalue weighted by atomic mass is 32.2. The lowest BCUT2D eigenvalue weighted by Gasteiger charge is -2.27. The molecule has 1 saturated carbocycles. The largest absolute Gasteiger partial charge is 0.490 e. The van der Waals surface area contributed by atoms with Crippen LogP contribution in [0.2, 0.25) is 0 Å². The van der Waals surface area contributed by atoms with Crippen LogP contribution in [0.5, 0.6) is 5.75 Å². The molecule has 0 aromatic heterocycles. The number of nitrogens with one attached hydrogen (secondary N) is 2. The Labute approximate surface area is 213 Å². The summed E-state index contributed by atoms with van der Waals surface area (Å²) in [5.41, 5.74) is 0.682. The predicted octanol–water partition coefficient (Wildman–Crippen LogP) is 2.88. The fraction of sp³-hybridized carbons (Fsp3) is 0.680. The van der Waals surface area contributed by atoms with Crippen molar-refractivity contribution in [1.82, 2.24) is 19.8 Å². The van der Waals surface area contributed by atoms with Gasteiger partial charge in [-0.15, -0.1) is 0 Å².